The number of halogens is 1. The molecule has 1 atom stereocenters. The number of benzene rings is 1. The third kappa shape index (κ3) is 3.64. The van der Waals surface area contributed by atoms with Crippen LogP contribution in [0.5, 0.6) is 0 Å². The molecule has 1 rings (SSSR count). The lowest BCUT2D eigenvalue weighted by Crippen LogP contribution is -2.14. The molecule has 80 valence electrons. The van der Waals surface area contributed by atoms with E-state index in [2.05, 4.69) is 0 Å². The van der Waals surface area contributed by atoms with Gasteiger partial charge < -0.3 is 15.6 Å². The number of rotatable bonds is 4. The molecule has 3 N–H and O–H groups in total. The van der Waals surface area contributed by atoms with Crippen LogP contribution in [-0.2, 0) is 11.3 Å². The quantitative estimate of drug-likeness (QED) is 0.798. The van der Waals surface area contributed by atoms with Crippen LogP contribution in [0.2, 0.25) is 0 Å². The summed E-state index contributed by atoms with van der Waals surface area (Å²) in [6.07, 6.45) is 0. The summed E-state index contributed by atoms with van der Waals surface area (Å²) in [5, 5.41) is 8.85. The van der Waals surface area contributed by atoms with E-state index in [-0.39, 0.29) is 25.1 Å². The second kappa shape index (κ2) is 6.79. The molecule has 14 heavy (non-hydrogen) atoms. The van der Waals surface area contributed by atoms with Gasteiger partial charge in [-0.15, -0.1) is 12.4 Å². The van der Waals surface area contributed by atoms with E-state index >= 15 is 0 Å². The van der Waals surface area contributed by atoms with Crippen LogP contribution in [0.1, 0.15) is 17.2 Å². The molecule has 0 amide bonds. The van der Waals surface area contributed by atoms with Crippen molar-refractivity contribution in [2.24, 2.45) is 5.73 Å². The zero-order chi connectivity index (χ0) is 9.68. The normalized spacial score (nSPS) is 11.9. The highest BCUT2D eigenvalue weighted by Gasteiger charge is 2.03. The molecule has 0 aliphatic carbocycles. The van der Waals surface area contributed by atoms with Crippen molar-refractivity contribution in [2.45, 2.75) is 12.6 Å². The van der Waals surface area contributed by atoms with Gasteiger partial charge in [-0.2, -0.15) is 0 Å². The molecular formula is C10H16ClNO2. The third-order valence-corrected chi connectivity index (χ3v) is 1.89. The van der Waals surface area contributed by atoms with Crippen LogP contribution in [-0.4, -0.2) is 18.8 Å². The molecule has 0 heterocycles. The molecule has 0 fully saturated rings. The minimum Gasteiger partial charge on any atom is -0.394 e. The van der Waals surface area contributed by atoms with Gasteiger partial charge >= 0.3 is 0 Å². The summed E-state index contributed by atoms with van der Waals surface area (Å²) >= 11 is 0. The highest BCUT2D eigenvalue weighted by atomic mass is 35.5. The van der Waals surface area contributed by atoms with Crippen LogP contribution in [0.3, 0.4) is 0 Å². The van der Waals surface area contributed by atoms with E-state index in [4.69, 9.17) is 15.6 Å². The van der Waals surface area contributed by atoms with Crippen molar-refractivity contribution < 1.29 is 9.84 Å². The highest BCUT2D eigenvalue weighted by molar-refractivity contribution is 5.85. The maximum Gasteiger partial charge on any atom is 0.0713 e. The summed E-state index contributed by atoms with van der Waals surface area (Å²) in [6.45, 7) is 0.544. The molecule has 1 unspecified atom stereocenters. The molecule has 0 aliphatic rings. The molecule has 0 bridgehead atoms. The lowest BCUT2D eigenvalue weighted by Gasteiger charge is -2.09. The van der Waals surface area contributed by atoms with Crippen LogP contribution in [0.4, 0.5) is 0 Å². The van der Waals surface area contributed by atoms with Gasteiger partial charge in [0.2, 0.25) is 0 Å². The van der Waals surface area contributed by atoms with E-state index in [0.29, 0.717) is 6.61 Å². The SMILES string of the molecule is COCc1cccc(C(N)CO)c1.Cl. The molecular weight excluding hydrogens is 202 g/mol. The van der Waals surface area contributed by atoms with E-state index in [9.17, 15) is 0 Å². The van der Waals surface area contributed by atoms with Crippen molar-refractivity contribution in [3.05, 3.63) is 35.4 Å². The first kappa shape index (κ1) is 13.4. The van der Waals surface area contributed by atoms with Gasteiger partial charge in [0.15, 0.2) is 0 Å². The minimum atomic E-state index is -0.295. The van der Waals surface area contributed by atoms with Crippen molar-refractivity contribution >= 4 is 12.4 Å². The fraction of sp³-hybridized carbons (Fsp3) is 0.400. The van der Waals surface area contributed by atoms with Crippen LogP contribution in [0.25, 0.3) is 0 Å². The molecule has 0 saturated carbocycles. The first-order valence-corrected chi connectivity index (χ1v) is 4.22. The Morgan fingerprint density at radius 2 is 2.21 bits per heavy atom. The average Bonchev–Trinajstić information content (AvgIpc) is 2.18. The first-order chi connectivity index (χ1) is 6.27. The van der Waals surface area contributed by atoms with E-state index in [1.165, 1.54) is 0 Å². The topological polar surface area (TPSA) is 55.5 Å². The van der Waals surface area contributed by atoms with Gasteiger partial charge in [-0.25, -0.2) is 0 Å². The molecule has 1 aromatic rings. The van der Waals surface area contributed by atoms with Crippen LogP contribution >= 0.6 is 12.4 Å². The number of hydrogen-bond acceptors (Lipinski definition) is 3. The number of aliphatic hydroxyl groups is 1. The predicted octanol–water partition coefficient (Wildman–Crippen LogP) is 1.25. The monoisotopic (exact) mass is 217 g/mol. The Bertz CT molecular complexity index is 268. The summed E-state index contributed by atoms with van der Waals surface area (Å²) in [5.41, 5.74) is 7.68. The molecule has 4 heteroatoms. The van der Waals surface area contributed by atoms with Crippen LogP contribution in [0.15, 0.2) is 24.3 Å². The Labute approximate surface area is 90.3 Å². The standard InChI is InChI=1S/C10H15NO2.ClH/c1-13-7-8-3-2-4-9(5-8)10(11)6-12;/h2-5,10,12H,6-7,11H2,1H3;1H. The Morgan fingerprint density at radius 3 is 2.79 bits per heavy atom. The summed E-state index contributed by atoms with van der Waals surface area (Å²) < 4.78 is 4.99. The second-order valence-electron chi connectivity index (χ2n) is 2.97. The van der Waals surface area contributed by atoms with E-state index in [1.807, 2.05) is 24.3 Å². The number of ether oxygens (including phenoxy) is 1. The maximum atomic E-state index is 8.85. The van der Waals surface area contributed by atoms with Gasteiger partial charge in [-0.05, 0) is 11.1 Å². The fourth-order valence-corrected chi connectivity index (χ4v) is 1.19. The van der Waals surface area contributed by atoms with Crippen molar-refractivity contribution in [1.29, 1.82) is 0 Å². The summed E-state index contributed by atoms with van der Waals surface area (Å²) in [6, 6.07) is 7.44. The third-order valence-electron chi connectivity index (χ3n) is 1.89. The molecule has 1 aromatic carbocycles. The summed E-state index contributed by atoms with van der Waals surface area (Å²) in [5.74, 6) is 0. The van der Waals surface area contributed by atoms with Gasteiger partial charge in [-0.1, -0.05) is 24.3 Å². The summed E-state index contributed by atoms with van der Waals surface area (Å²) in [7, 11) is 1.65. The van der Waals surface area contributed by atoms with Gasteiger partial charge in [0.05, 0.1) is 19.3 Å². The van der Waals surface area contributed by atoms with Crippen molar-refractivity contribution in [3.63, 3.8) is 0 Å². The lowest BCUT2D eigenvalue weighted by molar-refractivity contribution is 0.184. The molecule has 0 radical (unpaired) electrons. The minimum absolute atomic E-state index is 0. The largest absolute Gasteiger partial charge is 0.394 e. The molecule has 0 aliphatic heterocycles. The first-order valence-electron chi connectivity index (χ1n) is 4.22. The van der Waals surface area contributed by atoms with E-state index in [1.54, 1.807) is 7.11 Å². The van der Waals surface area contributed by atoms with Gasteiger partial charge in [-0.3, -0.25) is 0 Å². The molecule has 0 aromatic heterocycles. The zero-order valence-electron chi connectivity index (χ0n) is 8.14. The van der Waals surface area contributed by atoms with Gasteiger partial charge in [0.25, 0.3) is 0 Å². The van der Waals surface area contributed by atoms with Gasteiger partial charge in [0.1, 0.15) is 0 Å². The van der Waals surface area contributed by atoms with Crippen LogP contribution in [0, 0.1) is 0 Å². The zero-order valence-corrected chi connectivity index (χ0v) is 8.96. The number of hydrogen-bond donors (Lipinski definition) is 2. The fourth-order valence-electron chi connectivity index (χ4n) is 1.19. The number of nitrogens with two attached hydrogens (primary N) is 1. The average molecular weight is 218 g/mol. The lowest BCUT2D eigenvalue weighted by atomic mass is 10.1. The van der Waals surface area contributed by atoms with Gasteiger partial charge in [0, 0.05) is 7.11 Å². The van der Waals surface area contributed by atoms with Crippen molar-refractivity contribution in [1.82, 2.24) is 0 Å². The van der Waals surface area contributed by atoms with E-state index in [0.717, 1.165) is 11.1 Å². The molecule has 3 nitrogen and oxygen atoms in total. The van der Waals surface area contributed by atoms with Crippen LogP contribution < -0.4 is 5.73 Å². The maximum absolute atomic E-state index is 8.85. The van der Waals surface area contributed by atoms with E-state index < -0.39 is 0 Å². The summed E-state index contributed by atoms with van der Waals surface area (Å²) in [4.78, 5) is 0. The van der Waals surface area contributed by atoms with Crippen molar-refractivity contribution in [2.75, 3.05) is 13.7 Å². The molecule has 0 spiro atoms. The Kier molecular flexibility index (Phi) is 6.49. The smallest absolute Gasteiger partial charge is 0.0713 e. The number of methoxy groups -OCH3 is 1. The Hall–Kier alpha value is -0.610. The Morgan fingerprint density at radius 1 is 1.50 bits per heavy atom. The second-order valence-corrected chi connectivity index (χ2v) is 2.97. The Balaban J connectivity index is 0.00000169. The molecule has 0 saturated heterocycles. The predicted molar refractivity (Wildman–Crippen MR) is 58.4 cm³/mol. The number of aliphatic hydroxyl groups excluding tert-OH is 1. The van der Waals surface area contributed by atoms with Crippen molar-refractivity contribution in [3.8, 4) is 0 Å². The highest BCUT2D eigenvalue weighted by Crippen LogP contribution is 2.12.